The van der Waals surface area contributed by atoms with Crippen molar-refractivity contribution in [1.29, 1.82) is 0 Å². The molecule has 0 atom stereocenters. The fourth-order valence-corrected chi connectivity index (χ4v) is 2.33. The molecule has 2 aromatic heterocycles. The molecule has 92 valence electrons. The van der Waals surface area contributed by atoms with Crippen molar-refractivity contribution in [1.82, 2.24) is 25.3 Å². The van der Waals surface area contributed by atoms with Crippen molar-refractivity contribution in [3.63, 3.8) is 0 Å². The van der Waals surface area contributed by atoms with Crippen molar-refractivity contribution in [3.05, 3.63) is 28.0 Å². The zero-order chi connectivity index (χ0) is 12.1. The quantitative estimate of drug-likeness (QED) is 0.843. The second-order valence-corrected chi connectivity index (χ2v) is 4.80. The SMILES string of the molecule is CCNCc1cn(CCc2scnc2C)nn1. The van der Waals surface area contributed by atoms with Gasteiger partial charge >= 0.3 is 0 Å². The Balaban J connectivity index is 1.87. The van der Waals surface area contributed by atoms with Crippen LogP contribution in [0.5, 0.6) is 0 Å². The maximum absolute atomic E-state index is 4.24. The van der Waals surface area contributed by atoms with Crippen molar-refractivity contribution in [3.8, 4) is 0 Å². The van der Waals surface area contributed by atoms with E-state index in [1.54, 1.807) is 11.3 Å². The zero-order valence-electron chi connectivity index (χ0n) is 10.2. The minimum atomic E-state index is 0.788. The molecule has 0 saturated carbocycles. The monoisotopic (exact) mass is 251 g/mol. The van der Waals surface area contributed by atoms with Crippen LogP contribution in [0.3, 0.4) is 0 Å². The fraction of sp³-hybridized carbons (Fsp3) is 0.545. The molecule has 0 unspecified atom stereocenters. The third-order valence-electron chi connectivity index (χ3n) is 2.56. The van der Waals surface area contributed by atoms with E-state index in [1.807, 2.05) is 23.3 Å². The number of hydrogen-bond donors (Lipinski definition) is 1. The highest BCUT2D eigenvalue weighted by molar-refractivity contribution is 7.09. The lowest BCUT2D eigenvalue weighted by Gasteiger charge is -1.99. The van der Waals surface area contributed by atoms with E-state index < -0.39 is 0 Å². The summed E-state index contributed by atoms with van der Waals surface area (Å²) in [7, 11) is 0. The van der Waals surface area contributed by atoms with Crippen LogP contribution in [0.2, 0.25) is 0 Å². The summed E-state index contributed by atoms with van der Waals surface area (Å²) in [5, 5.41) is 11.5. The molecule has 0 spiro atoms. The van der Waals surface area contributed by atoms with Gasteiger partial charge in [0.25, 0.3) is 0 Å². The summed E-state index contributed by atoms with van der Waals surface area (Å²) in [6.45, 7) is 6.73. The first-order valence-corrected chi connectivity index (χ1v) is 6.66. The van der Waals surface area contributed by atoms with Crippen LogP contribution in [0.4, 0.5) is 0 Å². The minimum absolute atomic E-state index is 0.788. The second-order valence-electron chi connectivity index (χ2n) is 3.86. The molecule has 5 nitrogen and oxygen atoms in total. The standard InChI is InChI=1S/C11H17N5S/c1-3-12-6-10-7-16(15-14-10)5-4-11-9(2)13-8-17-11/h7-8,12H,3-6H2,1-2H3. The van der Waals surface area contributed by atoms with Crippen LogP contribution >= 0.6 is 11.3 Å². The van der Waals surface area contributed by atoms with Crippen LogP contribution in [-0.4, -0.2) is 26.5 Å². The average Bonchev–Trinajstić information content (AvgIpc) is 2.93. The van der Waals surface area contributed by atoms with Crippen molar-refractivity contribution < 1.29 is 0 Å². The first-order chi connectivity index (χ1) is 8.29. The van der Waals surface area contributed by atoms with Gasteiger partial charge in [-0.05, 0) is 13.5 Å². The summed E-state index contributed by atoms with van der Waals surface area (Å²) >= 11 is 1.70. The van der Waals surface area contributed by atoms with Gasteiger partial charge in [-0.1, -0.05) is 12.1 Å². The van der Waals surface area contributed by atoms with E-state index in [-0.39, 0.29) is 0 Å². The van der Waals surface area contributed by atoms with Crippen LogP contribution in [0.15, 0.2) is 11.7 Å². The van der Waals surface area contributed by atoms with Crippen molar-refractivity contribution >= 4 is 11.3 Å². The van der Waals surface area contributed by atoms with E-state index in [2.05, 4.69) is 27.5 Å². The van der Waals surface area contributed by atoms with Gasteiger partial charge in [0.15, 0.2) is 0 Å². The Kier molecular flexibility index (Phi) is 4.22. The van der Waals surface area contributed by atoms with Gasteiger partial charge in [0.1, 0.15) is 0 Å². The summed E-state index contributed by atoms with van der Waals surface area (Å²) in [6.07, 6.45) is 2.97. The normalized spacial score (nSPS) is 10.9. The van der Waals surface area contributed by atoms with Crippen LogP contribution < -0.4 is 5.32 Å². The summed E-state index contributed by atoms with van der Waals surface area (Å²) in [6, 6.07) is 0. The van der Waals surface area contributed by atoms with Crippen molar-refractivity contribution in [2.75, 3.05) is 6.54 Å². The lowest BCUT2D eigenvalue weighted by molar-refractivity contribution is 0.590. The molecule has 0 aliphatic heterocycles. The summed E-state index contributed by atoms with van der Waals surface area (Å²) in [5.74, 6) is 0. The lowest BCUT2D eigenvalue weighted by atomic mass is 10.3. The number of aryl methyl sites for hydroxylation is 3. The molecule has 0 saturated heterocycles. The third-order valence-corrected chi connectivity index (χ3v) is 3.55. The summed E-state index contributed by atoms with van der Waals surface area (Å²) < 4.78 is 1.89. The Labute approximate surface area is 105 Å². The van der Waals surface area contributed by atoms with Crippen molar-refractivity contribution in [2.45, 2.75) is 33.4 Å². The molecule has 0 aliphatic rings. The van der Waals surface area contributed by atoms with Gasteiger partial charge in [-0.2, -0.15) is 0 Å². The number of nitrogens with one attached hydrogen (secondary N) is 1. The highest BCUT2D eigenvalue weighted by atomic mass is 32.1. The van der Waals surface area contributed by atoms with Crippen LogP contribution in [0.1, 0.15) is 23.2 Å². The molecular weight excluding hydrogens is 234 g/mol. The van der Waals surface area contributed by atoms with E-state index in [0.717, 1.165) is 37.4 Å². The van der Waals surface area contributed by atoms with Gasteiger partial charge < -0.3 is 5.32 Å². The molecule has 2 heterocycles. The first-order valence-electron chi connectivity index (χ1n) is 5.78. The largest absolute Gasteiger partial charge is 0.311 e. The zero-order valence-corrected chi connectivity index (χ0v) is 11.0. The summed E-state index contributed by atoms with van der Waals surface area (Å²) in [4.78, 5) is 5.57. The Hall–Kier alpha value is -1.27. The molecular formula is C11H17N5S. The predicted octanol–water partition coefficient (Wildman–Crippen LogP) is 1.40. The van der Waals surface area contributed by atoms with Gasteiger partial charge in [-0.3, -0.25) is 4.68 Å². The highest BCUT2D eigenvalue weighted by Gasteiger charge is 2.03. The van der Waals surface area contributed by atoms with E-state index in [0.29, 0.717) is 0 Å². The van der Waals surface area contributed by atoms with Gasteiger partial charge in [-0.15, -0.1) is 16.4 Å². The second kappa shape index (κ2) is 5.88. The maximum Gasteiger partial charge on any atom is 0.0964 e. The molecule has 2 rings (SSSR count). The Bertz CT molecular complexity index is 462. The van der Waals surface area contributed by atoms with Crippen molar-refractivity contribution in [2.24, 2.45) is 0 Å². The average molecular weight is 251 g/mol. The molecule has 6 heteroatoms. The minimum Gasteiger partial charge on any atom is -0.311 e. The Morgan fingerprint density at radius 2 is 2.35 bits per heavy atom. The molecule has 1 N–H and O–H groups in total. The highest BCUT2D eigenvalue weighted by Crippen LogP contribution is 2.13. The Morgan fingerprint density at radius 1 is 1.47 bits per heavy atom. The molecule has 0 bridgehead atoms. The number of aromatic nitrogens is 4. The third kappa shape index (κ3) is 3.34. The van der Waals surface area contributed by atoms with E-state index in [9.17, 15) is 0 Å². The predicted molar refractivity (Wildman–Crippen MR) is 68.0 cm³/mol. The molecule has 2 aromatic rings. The summed E-state index contributed by atoms with van der Waals surface area (Å²) in [5.41, 5.74) is 4.01. The molecule has 17 heavy (non-hydrogen) atoms. The lowest BCUT2D eigenvalue weighted by Crippen LogP contribution is -2.11. The molecule has 0 aliphatic carbocycles. The molecule has 0 radical (unpaired) electrons. The topological polar surface area (TPSA) is 55.6 Å². The molecule has 0 amide bonds. The van der Waals surface area contributed by atoms with Crippen LogP contribution in [0.25, 0.3) is 0 Å². The van der Waals surface area contributed by atoms with Gasteiger partial charge in [0.2, 0.25) is 0 Å². The first kappa shape index (κ1) is 12.2. The number of thiazole rings is 1. The smallest absolute Gasteiger partial charge is 0.0964 e. The number of hydrogen-bond acceptors (Lipinski definition) is 5. The number of nitrogens with zero attached hydrogens (tertiary/aromatic N) is 4. The van der Waals surface area contributed by atoms with Crippen LogP contribution in [-0.2, 0) is 19.5 Å². The molecule has 0 fully saturated rings. The van der Waals surface area contributed by atoms with E-state index >= 15 is 0 Å². The number of rotatable bonds is 6. The molecule has 0 aromatic carbocycles. The van der Waals surface area contributed by atoms with E-state index in [1.165, 1.54) is 4.88 Å². The van der Waals surface area contributed by atoms with Gasteiger partial charge in [0, 0.05) is 30.6 Å². The Morgan fingerprint density at radius 3 is 3.06 bits per heavy atom. The van der Waals surface area contributed by atoms with Gasteiger partial charge in [0.05, 0.1) is 16.9 Å². The van der Waals surface area contributed by atoms with Gasteiger partial charge in [-0.25, -0.2) is 4.98 Å². The van der Waals surface area contributed by atoms with E-state index in [4.69, 9.17) is 0 Å². The fourth-order valence-electron chi connectivity index (χ4n) is 1.56. The maximum atomic E-state index is 4.24. The van der Waals surface area contributed by atoms with Crippen LogP contribution in [0, 0.1) is 6.92 Å².